The van der Waals surface area contributed by atoms with Gasteiger partial charge < -0.3 is 18.9 Å². The Morgan fingerprint density at radius 3 is 2.17 bits per heavy atom. The molecule has 11 heteroatoms. The molecule has 1 heterocycles. The molecule has 4 aromatic carbocycles. The third kappa shape index (κ3) is 5.93. The molecule has 5 aromatic rings. The highest BCUT2D eigenvalue weighted by atomic mass is 79.9. The van der Waals surface area contributed by atoms with Crippen LogP contribution in [-0.4, -0.2) is 43.2 Å². The fourth-order valence-corrected chi connectivity index (χ4v) is 4.85. The molecule has 0 amide bonds. The Hall–Kier alpha value is -4.48. The van der Waals surface area contributed by atoms with Crippen molar-refractivity contribution in [1.82, 2.24) is 9.66 Å². The van der Waals surface area contributed by atoms with Gasteiger partial charge in [0.05, 0.1) is 44.0 Å². The van der Waals surface area contributed by atoms with Crippen LogP contribution < -0.4 is 24.5 Å². The number of hydrogen-bond acceptors (Lipinski definition) is 8. The van der Waals surface area contributed by atoms with E-state index in [9.17, 15) is 9.59 Å². The number of aromatic nitrogens is 2. The topological polar surface area (TPSA) is 101 Å². The normalized spacial score (nSPS) is 11.1. The lowest BCUT2D eigenvalue weighted by Gasteiger charge is -2.15. The first kappa shape index (κ1) is 29.0. The quantitative estimate of drug-likeness (QED) is 0.101. The molecule has 0 radical (unpaired) electrons. The number of para-hydroxylation sites is 1. The van der Waals surface area contributed by atoms with Gasteiger partial charge in [-0.25, -0.2) is 9.78 Å². The Kier molecular flexibility index (Phi) is 8.69. The van der Waals surface area contributed by atoms with Crippen LogP contribution in [0.2, 0.25) is 0 Å². The summed E-state index contributed by atoms with van der Waals surface area (Å²) in [5, 5.41) is 4.91. The van der Waals surface area contributed by atoms with E-state index in [1.165, 1.54) is 32.2 Å². The molecule has 0 aliphatic rings. The van der Waals surface area contributed by atoms with Gasteiger partial charge in [0.25, 0.3) is 5.56 Å². The van der Waals surface area contributed by atoms with Crippen molar-refractivity contribution in [3.05, 3.63) is 109 Å². The summed E-state index contributed by atoms with van der Waals surface area (Å²) in [6, 6.07) is 22.3. The molecule has 0 N–H and O–H groups in total. The summed E-state index contributed by atoms with van der Waals surface area (Å²) in [4.78, 5) is 31.4. The standard InChI is InChI=1S/C31H23Br2N3O6/c1-39-26-15-19(16-27(40-2)28(26)41-3)29-35-24-7-5-4-6-23(24)30(37)36(29)34-17-20-14-22(33)12-13-25(20)42-31(38)18-8-10-21(32)11-9-18/h4-17H,1-3H3. The molecule has 212 valence electrons. The van der Waals surface area contributed by atoms with Crippen molar-refractivity contribution in [3.8, 4) is 34.4 Å². The maximum Gasteiger partial charge on any atom is 0.343 e. The van der Waals surface area contributed by atoms with Crippen molar-refractivity contribution in [2.24, 2.45) is 5.10 Å². The van der Waals surface area contributed by atoms with Crippen LogP contribution in [0.3, 0.4) is 0 Å². The summed E-state index contributed by atoms with van der Waals surface area (Å²) < 4.78 is 24.9. The Balaban J connectivity index is 1.64. The molecular weight excluding hydrogens is 670 g/mol. The summed E-state index contributed by atoms with van der Waals surface area (Å²) in [7, 11) is 4.52. The molecule has 5 rings (SSSR count). The third-order valence-electron chi connectivity index (χ3n) is 6.24. The van der Waals surface area contributed by atoms with Gasteiger partial charge in [-0.05, 0) is 66.7 Å². The van der Waals surface area contributed by atoms with Gasteiger partial charge in [0.1, 0.15) is 5.75 Å². The van der Waals surface area contributed by atoms with Crippen LogP contribution in [0.15, 0.2) is 97.7 Å². The van der Waals surface area contributed by atoms with Crippen LogP contribution in [0.25, 0.3) is 22.3 Å². The molecule has 42 heavy (non-hydrogen) atoms. The molecule has 1 aromatic heterocycles. The fraction of sp³-hybridized carbons (Fsp3) is 0.0968. The fourth-order valence-electron chi connectivity index (χ4n) is 4.21. The summed E-state index contributed by atoms with van der Waals surface area (Å²) in [5.74, 6) is 1.12. The van der Waals surface area contributed by atoms with Crippen molar-refractivity contribution < 1.29 is 23.7 Å². The molecule has 0 atom stereocenters. The van der Waals surface area contributed by atoms with Gasteiger partial charge in [-0.3, -0.25) is 4.79 Å². The van der Waals surface area contributed by atoms with Crippen LogP contribution in [0.4, 0.5) is 0 Å². The van der Waals surface area contributed by atoms with Crippen LogP contribution in [0, 0.1) is 0 Å². The van der Waals surface area contributed by atoms with Crippen molar-refractivity contribution in [2.75, 3.05) is 21.3 Å². The Bertz CT molecular complexity index is 1860. The van der Waals surface area contributed by atoms with E-state index >= 15 is 0 Å². The van der Waals surface area contributed by atoms with E-state index in [4.69, 9.17) is 23.9 Å². The van der Waals surface area contributed by atoms with Gasteiger partial charge >= 0.3 is 5.97 Å². The van der Waals surface area contributed by atoms with Gasteiger partial charge in [-0.2, -0.15) is 9.78 Å². The number of halogens is 2. The molecule has 0 bridgehead atoms. The Labute approximate surface area is 257 Å². The van der Waals surface area contributed by atoms with E-state index in [1.54, 1.807) is 78.9 Å². The number of rotatable bonds is 8. The maximum absolute atomic E-state index is 13.7. The summed E-state index contributed by atoms with van der Waals surface area (Å²) in [5.41, 5.74) is 1.42. The van der Waals surface area contributed by atoms with E-state index < -0.39 is 11.5 Å². The van der Waals surface area contributed by atoms with Crippen LogP contribution >= 0.6 is 31.9 Å². The number of fused-ring (bicyclic) bond motifs is 1. The van der Waals surface area contributed by atoms with Crippen molar-refractivity contribution in [1.29, 1.82) is 0 Å². The largest absolute Gasteiger partial charge is 0.493 e. The van der Waals surface area contributed by atoms with E-state index in [-0.39, 0.29) is 11.6 Å². The molecule has 0 saturated carbocycles. The predicted molar refractivity (Wildman–Crippen MR) is 167 cm³/mol. The predicted octanol–water partition coefficient (Wildman–Crippen LogP) is 6.72. The van der Waals surface area contributed by atoms with Gasteiger partial charge in [0.2, 0.25) is 5.75 Å². The zero-order valence-corrected chi connectivity index (χ0v) is 25.8. The minimum atomic E-state index is -0.540. The number of benzene rings is 4. The number of methoxy groups -OCH3 is 3. The second kappa shape index (κ2) is 12.6. The third-order valence-corrected chi connectivity index (χ3v) is 7.27. The summed E-state index contributed by atoms with van der Waals surface area (Å²) in [6.45, 7) is 0. The molecular formula is C31H23Br2N3O6. The molecule has 0 aliphatic heterocycles. The maximum atomic E-state index is 13.7. The molecule has 0 saturated heterocycles. The zero-order valence-electron chi connectivity index (χ0n) is 22.6. The summed E-state index contributed by atoms with van der Waals surface area (Å²) in [6.07, 6.45) is 1.44. The number of hydrogen-bond donors (Lipinski definition) is 0. The van der Waals surface area contributed by atoms with E-state index in [2.05, 4.69) is 37.0 Å². The first-order valence-electron chi connectivity index (χ1n) is 12.5. The average molecular weight is 693 g/mol. The van der Waals surface area contributed by atoms with Crippen LogP contribution in [0.1, 0.15) is 15.9 Å². The van der Waals surface area contributed by atoms with Crippen LogP contribution in [-0.2, 0) is 0 Å². The first-order chi connectivity index (χ1) is 20.3. The number of carbonyl (C=O) groups excluding carboxylic acids is 1. The molecule has 0 aliphatic carbocycles. The highest BCUT2D eigenvalue weighted by Gasteiger charge is 2.19. The molecule has 0 spiro atoms. The molecule has 0 fully saturated rings. The van der Waals surface area contributed by atoms with Gasteiger partial charge in [-0.15, -0.1) is 0 Å². The minimum Gasteiger partial charge on any atom is -0.493 e. The van der Waals surface area contributed by atoms with Gasteiger partial charge in [-0.1, -0.05) is 44.0 Å². The first-order valence-corrected chi connectivity index (χ1v) is 14.1. The van der Waals surface area contributed by atoms with Crippen molar-refractivity contribution >= 4 is 54.9 Å². The highest BCUT2D eigenvalue weighted by molar-refractivity contribution is 9.10. The summed E-state index contributed by atoms with van der Waals surface area (Å²) >= 11 is 6.82. The smallest absolute Gasteiger partial charge is 0.343 e. The van der Waals surface area contributed by atoms with Crippen molar-refractivity contribution in [3.63, 3.8) is 0 Å². The Morgan fingerprint density at radius 2 is 1.50 bits per heavy atom. The second-order valence-corrected chi connectivity index (χ2v) is 10.6. The van der Waals surface area contributed by atoms with E-state index in [0.717, 1.165) is 8.95 Å². The lowest BCUT2D eigenvalue weighted by atomic mass is 10.1. The van der Waals surface area contributed by atoms with Gasteiger partial charge in [0, 0.05) is 20.1 Å². The highest BCUT2D eigenvalue weighted by Crippen LogP contribution is 2.41. The van der Waals surface area contributed by atoms with E-state index in [1.807, 2.05) is 0 Å². The zero-order chi connectivity index (χ0) is 29.8. The lowest BCUT2D eigenvalue weighted by Crippen LogP contribution is -2.20. The SMILES string of the molecule is COc1cc(-c2nc3ccccc3c(=O)n2N=Cc2cc(Br)ccc2OC(=O)c2ccc(Br)cc2)cc(OC)c1OC. The minimum absolute atomic E-state index is 0.234. The monoisotopic (exact) mass is 691 g/mol. The second-order valence-electron chi connectivity index (χ2n) is 8.81. The number of nitrogens with zero attached hydrogens (tertiary/aromatic N) is 3. The van der Waals surface area contributed by atoms with Gasteiger partial charge in [0.15, 0.2) is 17.3 Å². The number of ether oxygens (including phenoxy) is 4. The number of esters is 1. The van der Waals surface area contributed by atoms with E-state index in [0.29, 0.717) is 44.8 Å². The lowest BCUT2D eigenvalue weighted by molar-refractivity contribution is 0.0734. The average Bonchev–Trinajstić information content (AvgIpc) is 3.01. The van der Waals surface area contributed by atoms with Crippen molar-refractivity contribution in [2.45, 2.75) is 0 Å². The molecule has 0 unspecified atom stereocenters. The Morgan fingerprint density at radius 1 is 0.833 bits per heavy atom. The van der Waals surface area contributed by atoms with Crippen LogP contribution in [0.5, 0.6) is 23.0 Å². The number of carbonyl (C=O) groups is 1. The molecule has 9 nitrogen and oxygen atoms in total.